The van der Waals surface area contributed by atoms with E-state index in [1.54, 1.807) is 0 Å². The lowest BCUT2D eigenvalue weighted by Crippen LogP contribution is -2.44. The van der Waals surface area contributed by atoms with E-state index in [0.29, 0.717) is 0 Å². The van der Waals surface area contributed by atoms with Gasteiger partial charge in [-0.15, -0.1) is 0 Å². The maximum Gasteiger partial charge on any atom is 0.227 e. The van der Waals surface area contributed by atoms with Crippen LogP contribution in [0.1, 0.15) is 18.4 Å². The van der Waals surface area contributed by atoms with Crippen LogP contribution in [-0.4, -0.2) is 62.0 Å². The molecule has 2 aliphatic rings. The second-order valence-corrected chi connectivity index (χ2v) is 8.36. The van der Waals surface area contributed by atoms with Crippen LogP contribution in [0.2, 0.25) is 0 Å². The van der Waals surface area contributed by atoms with Crippen molar-refractivity contribution >= 4 is 17.3 Å². The molecule has 29 heavy (non-hydrogen) atoms. The highest BCUT2D eigenvalue weighted by Gasteiger charge is 2.25. The van der Waals surface area contributed by atoms with Gasteiger partial charge in [-0.25, -0.2) is 0 Å². The van der Waals surface area contributed by atoms with Crippen LogP contribution < -0.4 is 10.2 Å². The summed E-state index contributed by atoms with van der Waals surface area (Å²) in [6.45, 7) is 7.25. The third kappa shape index (κ3) is 5.37. The van der Waals surface area contributed by atoms with Crippen LogP contribution in [0.5, 0.6) is 0 Å². The zero-order valence-corrected chi connectivity index (χ0v) is 17.4. The molecule has 0 aromatic heterocycles. The monoisotopic (exact) mass is 392 g/mol. The molecule has 5 heteroatoms. The number of benzene rings is 2. The first-order valence-corrected chi connectivity index (χ1v) is 10.8. The van der Waals surface area contributed by atoms with Gasteiger partial charge in [-0.1, -0.05) is 30.3 Å². The molecule has 2 aromatic rings. The van der Waals surface area contributed by atoms with E-state index in [4.69, 9.17) is 0 Å². The number of carbonyl (C=O) groups excluding carboxylic acids is 1. The minimum atomic E-state index is 0.110. The number of carbonyl (C=O) groups is 1. The molecule has 2 heterocycles. The Balaban J connectivity index is 1.24. The average molecular weight is 393 g/mol. The minimum Gasteiger partial charge on any atom is -0.369 e. The molecule has 154 valence electrons. The van der Waals surface area contributed by atoms with Crippen molar-refractivity contribution in [2.75, 3.05) is 56.5 Å². The van der Waals surface area contributed by atoms with Crippen molar-refractivity contribution in [3.63, 3.8) is 0 Å². The fourth-order valence-corrected chi connectivity index (χ4v) is 4.26. The summed E-state index contributed by atoms with van der Waals surface area (Å²) in [5.41, 5.74) is 3.49. The molecule has 4 rings (SSSR count). The lowest BCUT2D eigenvalue weighted by Gasteiger charge is -2.34. The number of likely N-dealkylation sites (tertiary alicyclic amines) is 1. The number of anilines is 2. The lowest BCUT2D eigenvalue weighted by atomic mass is 9.95. The van der Waals surface area contributed by atoms with E-state index < -0.39 is 0 Å². The predicted molar refractivity (Wildman–Crippen MR) is 119 cm³/mol. The summed E-state index contributed by atoms with van der Waals surface area (Å²) in [7, 11) is 2.17. The molecule has 0 spiro atoms. The van der Waals surface area contributed by atoms with Crippen LogP contribution in [0, 0.1) is 5.92 Å². The van der Waals surface area contributed by atoms with E-state index in [1.807, 2.05) is 12.1 Å². The number of hydrogen-bond acceptors (Lipinski definition) is 4. The van der Waals surface area contributed by atoms with Crippen molar-refractivity contribution in [2.24, 2.45) is 5.92 Å². The zero-order valence-electron chi connectivity index (χ0n) is 17.4. The van der Waals surface area contributed by atoms with Crippen molar-refractivity contribution in [2.45, 2.75) is 19.4 Å². The quantitative estimate of drug-likeness (QED) is 0.848. The molecule has 0 radical (unpaired) electrons. The first-order valence-electron chi connectivity index (χ1n) is 10.8. The van der Waals surface area contributed by atoms with Crippen molar-refractivity contribution in [3.8, 4) is 0 Å². The molecule has 0 unspecified atom stereocenters. The van der Waals surface area contributed by atoms with Gasteiger partial charge in [0.05, 0.1) is 0 Å². The van der Waals surface area contributed by atoms with Gasteiger partial charge in [0.2, 0.25) is 5.91 Å². The van der Waals surface area contributed by atoms with E-state index in [-0.39, 0.29) is 11.8 Å². The number of hydrogen-bond donors (Lipinski definition) is 1. The Kier molecular flexibility index (Phi) is 6.47. The van der Waals surface area contributed by atoms with Crippen LogP contribution in [0.3, 0.4) is 0 Å². The molecule has 0 saturated carbocycles. The van der Waals surface area contributed by atoms with E-state index in [0.717, 1.165) is 64.3 Å². The van der Waals surface area contributed by atoms with Gasteiger partial charge < -0.3 is 15.1 Å². The van der Waals surface area contributed by atoms with Crippen molar-refractivity contribution in [1.82, 2.24) is 9.80 Å². The Bertz CT molecular complexity index is 776. The molecule has 0 bridgehead atoms. The van der Waals surface area contributed by atoms with Crippen LogP contribution >= 0.6 is 0 Å². The Morgan fingerprint density at radius 2 is 1.55 bits per heavy atom. The summed E-state index contributed by atoms with van der Waals surface area (Å²) in [6.07, 6.45) is 1.86. The van der Waals surface area contributed by atoms with Gasteiger partial charge in [0.1, 0.15) is 0 Å². The highest BCUT2D eigenvalue weighted by Crippen LogP contribution is 2.23. The average Bonchev–Trinajstić information content (AvgIpc) is 2.76. The van der Waals surface area contributed by atoms with Crippen molar-refractivity contribution < 1.29 is 4.79 Å². The standard InChI is InChI=1S/C24H32N4O/c1-26-15-17-28(18-16-26)23-9-7-22(8-10-23)25-24(29)21-11-13-27(14-12-21)19-20-5-3-2-4-6-20/h2-10,21H,11-19H2,1H3,(H,25,29). The minimum absolute atomic E-state index is 0.110. The summed E-state index contributed by atoms with van der Waals surface area (Å²) in [5.74, 6) is 0.274. The molecule has 0 aliphatic carbocycles. The van der Waals surface area contributed by atoms with Gasteiger partial charge in [-0.2, -0.15) is 0 Å². The molecule has 2 fully saturated rings. The molecule has 5 nitrogen and oxygen atoms in total. The Morgan fingerprint density at radius 1 is 0.897 bits per heavy atom. The topological polar surface area (TPSA) is 38.8 Å². The van der Waals surface area contributed by atoms with Crippen LogP contribution in [-0.2, 0) is 11.3 Å². The van der Waals surface area contributed by atoms with Crippen LogP contribution in [0.15, 0.2) is 54.6 Å². The summed E-state index contributed by atoms with van der Waals surface area (Å²) >= 11 is 0. The van der Waals surface area contributed by atoms with Crippen LogP contribution in [0.4, 0.5) is 11.4 Å². The lowest BCUT2D eigenvalue weighted by molar-refractivity contribution is -0.121. The highest BCUT2D eigenvalue weighted by molar-refractivity contribution is 5.92. The van der Waals surface area contributed by atoms with Crippen molar-refractivity contribution in [1.29, 1.82) is 0 Å². The smallest absolute Gasteiger partial charge is 0.227 e. The number of rotatable bonds is 5. The molecule has 0 atom stereocenters. The van der Waals surface area contributed by atoms with E-state index >= 15 is 0 Å². The number of likely N-dealkylation sites (N-methyl/N-ethyl adjacent to an activating group) is 1. The summed E-state index contributed by atoms with van der Waals surface area (Å²) in [6, 6.07) is 18.9. The zero-order chi connectivity index (χ0) is 20.1. The maximum absolute atomic E-state index is 12.7. The third-order valence-electron chi connectivity index (χ3n) is 6.21. The van der Waals surface area contributed by atoms with E-state index in [2.05, 4.69) is 69.5 Å². The molecular formula is C24H32N4O. The SMILES string of the molecule is CN1CCN(c2ccc(NC(=O)C3CCN(Cc4ccccc4)CC3)cc2)CC1. The second kappa shape index (κ2) is 9.42. The summed E-state index contributed by atoms with van der Waals surface area (Å²) < 4.78 is 0. The number of piperidine rings is 1. The van der Waals surface area contributed by atoms with Gasteiger partial charge in [0.25, 0.3) is 0 Å². The van der Waals surface area contributed by atoms with Gasteiger partial charge in [0.15, 0.2) is 0 Å². The second-order valence-electron chi connectivity index (χ2n) is 8.36. The molecule has 1 N–H and O–H groups in total. The molecular weight excluding hydrogens is 360 g/mol. The maximum atomic E-state index is 12.7. The number of nitrogens with zero attached hydrogens (tertiary/aromatic N) is 3. The third-order valence-corrected chi connectivity index (χ3v) is 6.21. The Hall–Kier alpha value is -2.37. The van der Waals surface area contributed by atoms with E-state index in [1.165, 1.54) is 11.3 Å². The molecule has 2 aromatic carbocycles. The molecule has 2 saturated heterocycles. The normalized spacial score (nSPS) is 19.3. The highest BCUT2D eigenvalue weighted by atomic mass is 16.1. The van der Waals surface area contributed by atoms with Gasteiger partial charge in [0, 0.05) is 50.0 Å². The Labute approximate surface area is 174 Å². The molecule has 2 aliphatic heterocycles. The molecule has 1 amide bonds. The van der Waals surface area contributed by atoms with Crippen molar-refractivity contribution in [3.05, 3.63) is 60.2 Å². The van der Waals surface area contributed by atoms with Gasteiger partial charge in [-0.3, -0.25) is 9.69 Å². The Morgan fingerprint density at radius 3 is 2.21 bits per heavy atom. The first-order chi connectivity index (χ1) is 14.2. The van der Waals surface area contributed by atoms with Crippen LogP contribution in [0.25, 0.3) is 0 Å². The number of piperazine rings is 1. The largest absolute Gasteiger partial charge is 0.369 e. The first kappa shape index (κ1) is 19.9. The predicted octanol–water partition coefficient (Wildman–Crippen LogP) is 3.29. The van der Waals surface area contributed by atoms with Gasteiger partial charge in [-0.05, 0) is 62.8 Å². The van der Waals surface area contributed by atoms with Gasteiger partial charge >= 0.3 is 0 Å². The fourth-order valence-electron chi connectivity index (χ4n) is 4.26. The summed E-state index contributed by atoms with van der Waals surface area (Å²) in [5, 5.41) is 3.13. The van der Waals surface area contributed by atoms with E-state index in [9.17, 15) is 4.79 Å². The summed E-state index contributed by atoms with van der Waals surface area (Å²) in [4.78, 5) is 19.9. The number of nitrogens with one attached hydrogen (secondary N) is 1. The fraction of sp³-hybridized carbons (Fsp3) is 0.458. The number of amides is 1.